The van der Waals surface area contributed by atoms with Crippen LogP contribution in [0.2, 0.25) is 0 Å². The molecule has 1 rings (SSSR count). The van der Waals surface area contributed by atoms with Crippen molar-refractivity contribution in [3.63, 3.8) is 0 Å². The first kappa shape index (κ1) is 11.7. The molecule has 0 amide bonds. The smallest absolute Gasteiger partial charge is 0.176 e. The van der Waals surface area contributed by atoms with E-state index >= 15 is 0 Å². The van der Waals surface area contributed by atoms with E-state index in [4.69, 9.17) is 10.5 Å². The van der Waals surface area contributed by atoms with Crippen molar-refractivity contribution in [1.82, 2.24) is 0 Å². The Bertz CT molecular complexity index is 306. The molecule has 3 heteroatoms. The number of Topliss-reactive ketones (excluding diaryl/α,β-unsaturated/α-hetero) is 1. The summed E-state index contributed by atoms with van der Waals surface area (Å²) in [6.45, 7) is 2.89. The zero-order chi connectivity index (χ0) is 11.1. The van der Waals surface area contributed by atoms with Crippen LogP contribution >= 0.6 is 0 Å². The lowest BCUT2D eigenvalue weighted by Crippen LogP contribution is -2.13. The van der Waals surface area contributed by atoms with Gasteiger partial charge in [0.25, 0.3) is 0 Å². The molecule has 15 heavy (non-hydrogen) atoms. The van der Waals surface area contributed by atoms with Crippen LogP contribution in [0.25, 0.3) is 0 Å². The summed E-state index contributed by atoms with van der Waals surface area (Å²) in [7, 11) is 0. The monoisotopic (exact) mass is 207 g/mol. The summed E-state index contributed by atoms with van der Waals surface area (Å²) in [5.41, 5.74) is 5.90. The fraction of sp³-hybridized carbons (Fsp3) is 0.417. The van der Waals surface area contributed by atoms with Gasteiger partial charge in [-0.15, -0.1) is 0 Å². The predicted molar refractivity (Wildman–Crippen MR) is 60.2 cm³/mol. The van der Waals surface area contributed by atoms with E-state index in [0.29, 0.717) is 5.56 Å². The lowest BCUT2D eigenvalue weighted by molar-refractivity contribution is 0.100. The van der Waals surface area contributed by atoms with E-state index in [1.54, 1.807) is 24.3 Å². The third-order valence-electron chi connectivity index (χ3n) is 2.13. The first-order valence-corrected chi connectivity index (χ1v) is 5.24. The molecule has 0 fully saturated rings. The van der Waals surface area contributed by atoms with Crippen LogP contribution in [-0.2, 0) is 0 Å². The summed E-state index contributed by atoms with van der Waals surface area (Å²) in [4.78, 5) is 11.2. The zero-order valence-corrected chi connectivity index (χ0v) is 9.03. The molecule has 0 saturated carbocycles. The van der Waals surface area contributed by atoms with Crippen LogP contribution in [0.15, 0.2) is 24.3 Å². The van der Waals surface area contributed by atoms with Crippen LogP contribution in [-0.4, -0.2) is 18.9 Å². The van der Waals surface area contributed by atoms with E-state index < -0.39 is 0 Å². The standard InChI is InChI=1S/C12H17NO2/c1-2-3-8-15-11-6-4-10(5-7-11)12(14)9-13/h4-7H,2-3,8-9,13H2,1H3. The summed E-state index contributed by atoms with van der Waals surface area (Å²) < 4.78 is 5.47. The Balaban J connectivity index is 2.52. The van der Waals surface area contributed by atoms with Gasteiger partial charge in [-0.25, -0.2) is 0 Å². The zero-order valence-electron chi connectivity index (χ0n) is 9.03. The lowest BCUT2D eigenvalue weighted by atomic mass is 10.1. The van der Waals surface area contributed by atoms with Gasteiger partial charge in [0.05, 0.1) is 13.2 Å². The molecule has 0 aliphatic rings. The second-order valence-electron chi connectivity index (χ2n) is 3.35. The summed E-state index contributed by atoms with van der Waals surface area (Å²) in [5.74, 6) is 0.757. The van der Waals surface area contributed by atoms with Gasteiger partial charge in [-0.2, -0.15) is 0 Å². The van der Waals surface area contributed by atoms with Crippen LogP contribution in [0.5, 0.6) is 5.75 Å². The number of ketones is 1. The summed E-state index contributed by atoms with van der Waals surface area (Å²) in [6.07, 6.45) is 2.16. The quantitative estimate of drug-likeness (QED) is 0.573. The topological polar surface area (TPSA) is 52.3 Å². The van der Waals surface area contributed by atoms with E-state index in [1.165, 1.54) is 0 Å². The van der Waals surface area contributed by atoms with Crippen LogP contribution in [0.3, 0.4) is 0 Å². The van der Waals surface area contributed by atoms with Crippen LogP contribution in [0.1, 0.15) is 30.1 Å². The normalized spacial score (nSPS) is 10.0. The minimum Gasteiger partial charge on any atom is -0.494 e. The highest BCUT2D eigenvalue weighted by molar-refractivity contribution is 5.97. The first-order chi connectivity index (χ1) is 7.27. The van der Waals surface area contributed by atoms with E-state index in [-0.39, 0.29) is 12.3 Å². The number of hydrogen-bond donors (Lipinski definition) is 1. The third-order valence-corrected chi connectivity index (χ3v) is 2.13. The molecular formula is C12H17NO2. The Morgan fingerprint density at radius 2 is 2.00 bits per heavy atom. The van der Waals surface area contributed by atoms with Gasteiger partial charge in [-0.1, -0.05) is 13.3 Å². The van der Waals surface area contributed by atoms with Crippen LogP contribution in [0, 0.1) is 0 Å². The van der Waals surface area contributed by atoms with Gasteiger partial charge in [0.1, 0.15) is 5.75 Å². The van der Waals surface area contributed by atoms with Crippen molar-refractivity contribution < 1.29 is 9.53 Å². The molecule has 0 aromatic heterocycles. The minimum absolute atomic E-state index is 0.0462. The van der Waals surface area contributed by atoms with Gasteiger partial charge in [0.2, 0.25) is 0 Å². The first-order valence-electron chi connectivity index (χ1n) is 5.24. The maximum Gasteiger partial charge on any atom is 0.176 e. The molecule has 3 nitrogen and oxygen atoms in total. The van der Waals surface area contributed by atoms with Crippen molar-refractivity contribution in [2.75, 3.05) is 13.2 Å². The van der Waals surface area contributed by atoms with Crippen molar-refractivity contribution in [2.24, 2.45) is 5.73 Å². The Morgan fingerprint density at radius 3 is 2.53 bits per heavy atom. The number of carbonyl (C=O) groups excluding carboxylic acids is 1. The number of nitrogens with two attached hydrogens (primary N) is 1. The number of benzene rings is 1. The molecule has 2 N–H and O–H groups in total. The molecule has 0 saturated heterocycles. The molecule has 1 aromatic rings. The van der Waals surface area contributed by atoms with E-state index in [2.05, 4.69) is 6.92 Å². The number of hydrogen-bond acceptors (Lipinski definition) is 3. The molecule has 0 aliphatic heterocycles. The number of rotatable bonds is 6. The summed E-state index contributed by atoms with van der Waals surface area (Å²) in [5, 5.41) is 0. The molecule has 0 heterocycles. The molecular weight excluding hydrogens is 190 g/mol. The van der Waals surface area contributed by atoms with Gasteiger partial charge >= 0.3 is 0 Å². The van der Waals surface area contributed by atoms with Gasteiger partial charge in [0, 0.05) is 5.56 Å². The fourth-order valence-corrected chi connectivity index (χ4v) is 1.19. The van der Waals surface area contributed by atoms with Crippen molar-refractivity contribution >= 4 is 5.78 Å². The van der Waals surface area contributed by atoms with E-state index in [0.717, 1.165) is 25.2 Å². The highest BCUT2D eigenvalue weighted by Gasteiger charge is 2.02. The Morgan fingerprint density at radius 1 is 1.33 bits per heavy atom. The average molecular weight is 207 g/mol. The third kappa shape index (κ3) is 3.72. The second kappa shape index (κ2) is 6.19. The number of carbonyl (C=O) groups is 1. The number of unbranched alkanes of at least 4 members (excludes halogenated alkanes) is 1. The highest BCUT2D eigenvalue weighted by Crippen LogP contribution is 2.12. The Hall–Kier alpha value is -1.35. The van der Waals surface area contributed by atoms with E-state index in [9.17, 15) is 4.79 Å². The van der Waals surface area contributed by atoms with Crippen LogP contribution < -0.4 is 10.5 Å². The maximum atomic E-state index is 11.2. The summed E-state index contributed by atoms with van der Waals surface area (Å²) >= 11 is 0. The molecule has 0 bridgehead atoms. The minimum atomic E-state index is -0.0462. The lowest BCUT2D eigenvalue weighted by Gasteiger charge is -2.05. The molecule has 0 spiro atoms. The van der Waals surface area contributed by atoms with Gasteiger partial charge < -0.3 is 10.5 Å². The molecule has 0 radical (unpaired) electrons. The molecule has 0 aliphatic carbocycles. The van der Waals surface area contributed by atoms with Gasteiger partial charge in [0.15, 0.2) is 5.78 Å². The fourth-order valence-electron chi connectivity index (χ4n) is 1.19. The Labute approximate surface area is 90.2 Å². The largest absolute Gasteiger partial charge is 0.494 e. The molecule has 0 unspecified atom stereocenters. The second-order valence-corrected chi connectivity index (χ2v) is 3.35. The number of ether oxygens (including phenoxy) is 1. The molecule has 1 aromatic carbocycles. The summed E-state index contributed by atoms with van der Waals surface area (Å²) in [6, 6.07) is 7.10. The maximum absolute atomic E-state index is 11.2. The molecule has 82 valence electrons. The van der Waals surface area contributed by atoms with Gasteiger partial charge in [-0.05, 0) is 30.7 Å². The highest BCUT2D eigenvalue weighted by atomic mass is 16.5. The SMILES string of the molecule is CCCCOc1ccc(C(=O)CN)cc1. The average Bonchev–Trinajstić information content (AvgIpc) is 2.29. The molecule has 0 atom stereocenters. The van der Waals surface area contributed by atoms with Crippen molar-refractivity contribution in [2.45, 2.75) is 19.8 Å². The van der Waals surface area contributed by atoms with Crippen molar-refractivity contribution in [1.29, 1.82) is 0 Å². The van der Waals surface area contributed by atoms with Gasteiger partial charge in [-0.3, -0.25) is 4.79 Å². The predicted octanol–water partition coefficient (Wildman–Crippen LogP) is 2.01. The Kier molecular flexibility index (Phi) is 4.84. The van der Waals surface area contributed by atoms with Crippen molar-refractivity contribution in [3.05, 3.63) is 29.8 Å². The van der Waals surface area contributed by atoms with Crippen LogP contribution in [0.4, 0.5) is 0 Å². The van der Waals surface area contributed by atoms with E-state index in [1.807, 2.05) is 0 Å². The van der Waals surface area contributed by atoms with Crippen molar-refractivity contribution in [3.8, 4) is 5.75 Å².